The van der Waals surface area contributed by atoms with Crippen LogP contribution in [0.4, 0.5) is 0 Å². The average Bonchev–Trinajstić information content (AvgIpc) is 3.09. The van der Waals surface area contributed by atoms with E-state index in [-0.39, 0.29) is 10.3 Å². The standard InChI is InChI=1S/C21H28N4O3S/c1-6-24(7-2)29(26,27)18-12-13-19-20(14-18)25(23-22-19)28-15-16-8-10-17(11-9-16)21(3,4)5/h8-14H,6-7,15H2,1-5H3. The molecular formula is C21H28N4O3S. The van der Waals surface area contributed by atoms with Crippen LogP contribution in [0.25, 0.3) is 11.0 Å². The molecule has 3 aromatic rings. The molecule has 0 unspecified atom stereocenters. The molecule has 29 heavy (non-hydrogen) atoms. The van der Waals surface area contributed by atoms with Crippen molar-refractivity contribution in [2.75, 3.05) is 13.1 Å². The SMILES string of the molecule is CCN(CC)S(=O)(=O)c1ccc2nnn(OCc3ccc(C(C)(C)C)cc3)c2c1. The Morgan fingerprint density at radius 2 is 1.69 bits per heavy atom. The van der Waals surface area contributed by atoms with E-state index in [1.807, 2.05) is 26.0 Å². The number of hydrogen-bond acceptors (Lipinski definition) is 5. The minimum absolute atomic E-state index is 0.0915. The third kappa shape index (κ3) is 4.43. The van der Waals surface area contributed by atoms with Crippen LogP contribution >= 0.6 is 0 Å². The predicted octanol–water partition coefficient (Wildman–Crippen LogP) is 3.39. The molecule has 0 atom stereocenters. The van der Waals surface area contributed by atoms with Crippen LogP contribution < -0.4 is 4.84 Å². The topological polar surface area (TPSA) is 77.3 Å². The summed E-state index contributed by atoms with van der Waals surface area (Å²) in [5.41, 5.74) is 3.43. The lowest BCUT2D eigenvalue weighted by atomic mass is 9.87. The van der Waals surface area contributed by atoms with Crippen molar-refractivity contribution in [3.63, 3.8) is 0 Å². The first-order valence-electron chi connectivity index (χ1n) is 9.75. The maximum Gasteiger partial charge on any atom is 0.243 e. The molecule has 156 valence electrons. The summed E-state index contributed by atoms with van der Waals surface area (Å²) in [6, 6.07) is 13.0. The lowest BCUT2D eigenvalue weighted by Crippen LogP contribution is -2.30. The molecule has 2 aromatic carbocycles. The van der Waals surface area contributed by atoms with Gasteiger partial charge in [-0.05, 0) is 40.0 Å². The zero-order valence-corrected chi connectivity index (χ0v) is 18.4. The van der Waals surface area contributed by atoms with Crippen LogP contribution in [0.1, 0.15) is 45.7 Å². The van der Waals surface area contributed by atoms with Crippen LogP contribution in [0.2, 0.25) is 0 Å². The molecule has 3 rings (SSSR count). The van der Waals surface area contributed by atoms with E-state index in [4.69, 9.17) is 4.84 Å². The van der Waals surface area contributed by atoms with Crippen molar-refractivity contribution in [1.82, 2.24) is 19.5 Å². The van der Waals surface area contributed by atoms with Gasteiger partial charge in [-0.15, -0.1) is 5.10 Å². The highest BCUT2D eigenvalue weighted by atomic mass is 32.2. The molecule has 0 aliphatic rings. The van der Waals surface area contributed by atoms with Crippen molar-refractivity contribution in [2.24, 2.45) is 0 Å². The Balaban J connectivity index is 1.84. The van der Waals surface area contributed by atoms with Crippen LogP contribution in [0.5, 0.6) is 0 Å². The average molecular weight is 417 g/mol. The third-order valence-corrected chi connectivity index (χ3v) is 6.95. The van der Waals surface area contributed by atoms with Gasteiger partial charge in [0.15, 0.2) is 0 Å². The van der Waals surface area contributed by atoms with Gasteiger partial charge in [-0.1, -0.05) is 63.7 Å². The van der Waals surface area contributed by atoms with Gasteiger partial charge in [0, 0.05) is 13.1 Å². The van der Waals surface area contributed by atoms with Crippen LogP contribution in [-0.2, 0) is 22.0 Å². The van der Waals surface area contributed by atoms with Crippen molar-refractivity contribution >= 4 is 21.1 Å². The summed E-state index contributed by atoms with van der Waals surface area (Å²) in [5, 5.41) is 8.08. The van der Waals surface area contributed by atoms with Crippen molar-refractivity contribution in [2.45, 2.75) is 51.5 Å². The number of benzene rings is 2. The van der Waals surface area contributed by atoms with Gasteiger partial charge in [0.1, 0.15) is 17.6 Å². The normalized spacial score (nSPS) is 12.6. The fourth-order valence-electron chi connectivity index (χ4n) is 3.08. The van der Waals surface area contributed by atoms with E-state index in [0.717, 1.165) is 5.56 Å². The number of sulfonamides is 1. The molecule has 0 radical (unpaired) electrons. The first-order chi connectivity index (χ1) is 13.7. The van der Waals surface area contributed by atoms with Gasteiger partial charge in [-0.2, -0.15) is 4.31 Å². The quantitative estimate of drug-likeness (QED) is 0.590. The third-order valence-electron chi connectivity index (χ3n) is 4.90. The lowest BCUT2D eigenvalue weighted by Gasteiger charge is -2.19. The van der Waals surface area contributed by atoms with Gasteiger partial charge in [-0.25, -0.2) is 8.42 Å². The zero-order chi connectivity index (χ0) is 21.2. The summed E-state index contributed by atoms with van der Waals surface area (Å²) in [5.74, 6) is 0. The highest BCUT2D eigenvalue weighted by Gasteiger charge is 2.23. The van der Waals surface area contributed by atoms with E-state index in [9.17, 15) is 8.42 Å². The number of hydrogen-bond donors (Lipinski definition) is 0. The van der Waals surface area contributed by atoms with Crippen LogP contribution in [0.3, 0.4) is 0 Å². The van der Waals surface area contributed by atoms with Crippen LogP contribution in [0.15, 0.2) is 47.4 Å². The van der Waals surface area contributed by atoms with Gasteiger partial charge >= 0.3 is 0 Å². The molecule has 0 aliphatic carbocycles. The number of rotatable bonds is 7. The summed E-state index contributed by atoms with van der Waals surface area (Å²) in [6.07, 6.45) is 0. The lowest BCUT2D eigenvalue weighted by molar-refractivity contribution is 0.0751. The molecule has 0 N–H and O–H groups in total. The predicted molar refractivity (Wildman–Crippen MR) is 113 cm³/mol. The highest BCUT2D eigenvalue weighted by molar-refractivity contribution is 7.89. The van der Waals surface area contributed by atoms with E-state index in [2.05, 4.69) is 43.2 Å². The maximum atomic E-state index is 12.8. The van der Waals surface area contributed by atoms with E-state index in [1.54, 1.807) is 18.2 Å². The van der Waals surface area contributed by atoms with E-state index in [0.29, 0.717) is 30.7 Å². The molecular weight excluding hydrogens is 388 g/mol. The number of aromatic nitrogens is 3. The van der Waals surface area contributed by atoms with Crippen LogP contribution in [0, 0.1) is 0 Å². The fraction of sp³-hybridized carbons (Fsp3) is 0.429. The molecule has 1 aromatic heterocycles. The summed E-state index contributed by atoms with van der Waals surface area (Å²) in [6.45, 7) is 11.3. The van der Waals surface area contributed by atoms with E-state index in [1.165, 1.54) is 14.7 Å². The maximum absolute atomic E-state index is 12.8. The fourth-order valence-corrected chi connectivity index (χ4v) is 4.56. The second kappa shape index (κ2) is 8.12. The zero-order valence-electron chi connectivity index (χ0n) is 17.6. The van der Waals surface area contributed by atoms with Crippen molar-refractivity contribution < 1.29 is 13.3 Å². The Kier molecular flexibility index (Phi) is 5.95. The minimum Gasteiger partial charge on any atom is -0.390 e. The van der Waals surface area contributed by atoms with Gasteiger partial charge in [0.25, 0.3) is 0 Å². The summed E-state index contributed by atoms with van der Waals surface area (Å²) in [7, 11) is -3.56. The molecule has 0 saturated carbocycles. The van der Waals surface area contributed by atoms with Gasteiger partial charge in [-0.3, -0.25) is 0 Å². The molecule has 0 saturated heterocycles. The molecule has 0 aliphatic heterocycles. The van der Waals surface area contributed by atoms with Crippen LogP contribution in [-0.4, -0.2) is 41.0 Å². The smallest absolute Gasteiger partial charge is 0.243 e. The number of nitrogens with zero attached hydrogens (tertiary/aromatic N) is 4. The number of fused-ring (bicyclic) bond motifs is 1. The Morgan fingerprint density at radius 1 is 1.03 bits per heavy atom. The summed E-state index contributed by atoms with van der Waals surface area (Å²) < 4.78 is 27.0. The highest BCUT2D eigenvalue weighted by Crippen LogP contribution is 2.23. The Bertz CT molecular complexity index is 1080. The molecule has 0 bridgehead atoms. The monoisotopic (exact) mass is 416 g/mol. The van der Waals surface area contributed by atoms with E-state index >= 15 is 0 Å². The summed E-state index contributed by atoms with van der Waals surface area (Å²) in [4.78, 5) is 7.28. The first kappa shape index (κ1) is 21.3. The Hall–Kier alpha value is -2.45. The second-order valence-corrected chi connectivity index (χ2v) is 9.86. The van der Waals surface area contributed by atoms with Gasteiger partial charge < -0.3 is 4.84 Å². The second-order valence-electron chi connectivity index (χ2n) is 7.92. The molecule has 1 heterocycles. The van der Waals surface area contributed by atoms with Gasteiger partial charge in [0.2, 0.25) is 10.0 Å². The van der Waals surface area contributed by atoms with Crippen molar-refractivity contribution in [3.8, 4) is 0 Å². The van der Waals surface area contributed by atoms with Crippen molar-refractivity contribution in [3.05, 3.63) is 53.6 Å². The molecule has 8 heteroatoms. The molecule has 0 amide bonds. The van der Waals surface area contributed by atoms with Crippen molar-refractivity contribution in [1.29, 1.82) is 0 Å². The van der Waals surface area contributed by atoms with E-state index < -0.39 is 10.0 Å². The minimum atomic E-state index is -3.56. The summed E-state index contributed by atoms with van der Waals surface area (Å²) >= 11 is 0. The first-order valence-corrected chi connectivity index (χ1v) is 11.2. The Labute approximate surface area is 172 Å². The molecule has 0 fully saturated rings. The molecule has 7 nitrogen and oxygen atoms in total. The largest absolute Gasteiger partial charge is 0.390 e. The Morgan fingerprint density at radius 3 is 2.28 bits per heavy atom. The molecule has 0 spiro atoms. The van der Waals surface area contributed by atoms with Gasteiger partial charge in [0.05, 0.1) is 4.90 Å².